The van der Waals surface area contributed by atoms with E-state index in [0.29, 0.717) is 13.2 Å². The van der Waals surface area contributed by atoms with E-state index in [1.165, 1.54) is 0 Å². The van der Waals surface area contributed by atoms with E-state index in [9.17, 15) is 4.79 Å². The zero-order valence-electron chi connectivity index (χ0n) is 10.0. The second-order valence-electron chi connectivity index (χ2n) is 4.11. The lowest BCUT2D eigenvalue weighted by Crippen LogP contribution is -2.37. The van der Waals surface area contributed by atoms with Crippen LogP contribution in [0.2, 0.25) is 0 Å². The predicted molar refractivity (Wildman–Crippen MR) is 59.8 cm³/mol. The van der Waals surface area contributed by atoms with Crippen LogP contribution in [-0.2, 0) is 9.47 Å². The van der Waals surface area contributed by atoms with E-state index in [4.69, 9.17) is 9.47 Å². The molecular weight excluding hydrogens is 194 g/mol. The summed E-state index contributed by atoms with van der Waals surface area (Å²) in [5, 5.41) is 2.62. The maximum absolute atomic E-state index is 11.3. The molecule has 15 heavy (non-hydrogen) atoms. The van der Waals surface area contributed by atoms with Crippen molar-refractivity contribution in [3.05, 3.63) is 12.7 Å². The Bertz CT molecular complexity index is 208. The number of amides is 1. The average Bonchev–Trinajstić information content (AvgIpc) is 2.09. The number of alkyl carbamates (subject to hydrolysis) is 1. The highest BCUT2D eigenvalue weighted by atomic mass is 16.6. The number of hydrogen-bond acceptors (Lipinski definition) is 3. The molecule has 4 heteroatoms. The van der Waals surface area contributed by atoms with Gasteiger partial charge >= 0.3 is 6.09 Å². The summed E-state index contributed by atoms with van der Waals surface area (Å²) in [4.78, 5) is 11.3. The minimum atomic E-state index is -0.473. The highest BCUT2D eigenvalue weighted by Crippen LogP contribution is 2.06. The van der Waals surface area contributed by atoms with Gasteiger partial charge in [-0.25, -0.2) is 4.79 Å². The van der Waals surface area contributed by atoms with Gasteiger partial charge in [-0.15, -0.1) is 6.58 Å². The Balaban J connectivity index is 3.83. The molecule has 0 aromatic heterocycles. The molecule has 4 nitrogen and oxygen atoms in total. The Labute approximate surface area is 91.6 Å². The van der Waals surface area contributed by atoms with Gasteiger partial charge in [0.1, 0.15) is 5.60 Å². The van der Waals surface area contributed by atoms with E-state index < -0.39 is 11.7 Å². The van der Waals surface area contributed by atoms with Gasteiger partial charge in [-0.1, -0.05) is 6.08 Å². The Morgan fingerprint density at radius 1 is 1.53 bits per heavy atom. The molecular formula is C11H21NO3. The van der Waals surface area contributed by atoms with Gasteiger partial charge in [-0.05, 0) is 27.7 Å². The number of carbonyl (C=O) groups excluding carboxylic acids is 1. The summed E-state index contributed by atoms with van der Waals surface area (Å²) < 4.78 is 10.4. The van der Waals surface area contributed by atoms with Crippen molar-refractivity contribution in [3.8, 4) is 0 Å². The van der Waals surface area contributed by atoms with Gasteiger partial charge in [0.15, 0.2) is 0 Å². The topological polar surface area (TPSA) is 47.6 Å². The first kappa shape index (κ1) is 14.0. The molecule has 0 aliphatic rings. The number of carbonyl (C=O) groups is 1. The zero-order chi connectivity index (χ0) is 11.9. The average molecular weight is 215 g/mol. The van der Waals surface area contributed by atoms with Crippen molar-refractivity contribution in [2.24, 2.45) is 0 Å². The van der Waals surface area contributed by atoms with Gasteiger partial charge in [-0.2, -0.15) is 0 Å². The van der Waals surface area contributed by atoms with Crippen LogP contribution in [0.4, 0.5) is 4.79 Å². The van der Waals surface area contributed by atoms with Gasteiger partial charge in [0, 0.05) is 6.61 Å². The van der Waals surface area contributed by atoms with E-state index in [1.54, 1.807) is 6.08 Å². The lowest BCUT2D eigenvalue weighted by atomic mass is 10.2. The maximum Gasteiger partial charge on any atom is 0.407 e. The largest absolute Gasteiger partial charge is 0.444 e. The first-order valence-electron chi connectivity index (χ1n) is 5.10. The maximum atomic E-state index is 11.3. The summed E-state index contributed by atoms with van der Waals surface area (Å²) in [6.07, 6.45) is 1.05. The molecule has 1 atom stereocenters. The second-order valence-corrected chi connectivity index (χ2v) is 4.11. The Kier molecular flexibility index (Phi) is 6.01. The van der Waals surface area contributed by atoms with Gasteiger partial charge < -0.3 is 14.8 Å². The summed E-state index contributed by atoms with van der Waals surface area (Å²) in [7, 11) is 0. The van der Waals surface area contributed by atoms with Crippen LogP contribution in [-0.4, -0.2) is 30.9 Å². The molecule has 0 rings (SSSR count). The standard InChI is InChI=1S/C11H21NO3/c1-6-9(14-7-2)8-12-10(13)15-11(3,4)5/h6,9H,1,7-8H2,2-5H3,(H,12,13)/t9-/m0/s1. The highest BCUT2D eigenvalue weighted by molar-refractivity contribution is 5.67. The summed E-state index contributed by atoms with van der Waals surface area (Å²) in [6.45, 7) is 11.9. The molecule has 0 aromatic carbocycles. The lowest BCUT2D eigenvalue weighted by molar-refractivity contribution is 0.0460. The third kappa shape index (κ3) is 8.00. The minimum Gasteiger partial charge on any atom is -0.444 e. The van der Waals surface area contributed by atoms with Crippen LogP contribution in [0.1, 0.15) is 27.7 Å². The van der Waals surface area contributed by atoms with E-state index in [0.717, 1.165) is 0 Å². The van der Waals surface area contributed by atoms with Gasteiger partial charge in [0.05, 0.1) is 12.6 Å². The van der Waals surface area contributed by atoms with Crippen LogP contribution >= 0.6 is 0 Å². The first-order valence-corrected chi connectivity index (χ1v) is 5.10. The third-order valence-electron chi connectivity index (χ3n) is 1.49. The van der Waals surface area contributed by atoms with E-state index in [2.05, 4.69) is 11.9 Å². The molecule has 0 saturated carbocycles. The SMILES string of the molecule is C=C[C@@H](CNC(=O)OC(C)(C)C)OCC. The lowest BCUT2D eigenvalue weighted by Gasteiger charge is -2.20. The summed E-state index contributed by atoms with van der Waals surface area (Å²) in [6, 6.07) is 0. The first-order chi connectivity index (χ1) is 6.89. The van der Waals surface area contributed by atoms with Gasteiger partial charge in [0.25, 0.3) is 0 Å². The molecule has 1 N–H and O–H groups in total. The van der Waals surface area contributed by atoms with Crippen LogP contribution < -0.4 is 5.32 Å². The number of ether oxygens (including phenoxy) is 2. The molecule has 0 unspecified atom stereocenters. The van der Waals surface area contributed by atoms with Crippen molar-refractivity contribution < 1.29 is 14.3 Å². The van der Waals surface area contributed by atoms with Crippen molar-refractivity contribution in [2.45, 2.75) is 39.4 Å². The van der Waals surface area contributed by atoms with E-state index in [1.807, 2.05) is 27.7 Å². The molecule has 88 valence electrons. The normalized spacial score (nSPS) is 13.1. The van der Waals surface area contributed by atoms with Crippen molar-refractivity contribution in [3.63, 3.8) is 0 Å². The van der Waals surface area contributed by atoms with Crippen LogP contribution in [0.25, 0.3) is 0 Å². The highest BCUT2D eigenvalue weighted by Gasteiger charge is 2.16. The predicted octanol–water partition coefficient (Wildman–Crippen LogP) is 2.10. The summed E-state index contributed by atoms with van der Waals surface area (Å²) >= 11 is 0. The number of hydrogen-bond donors (Lipinski definition) is 1. The molecule has 0 radical (unpaired) electrons. The molecule has 0 aliphatic heterocycles. The molecule has 0 fully saturated rings. The quantitative estimate of drug-likeness (QED) is 0.714. The fraction of sp³-hybridized carbons (Fsp3) is 0.727. The van der Waals surface area contributed by atoms with Gasteiger partial charge in [-0.3, -0.25) is 0 Å². The number of nitrogens with one attached hydrogen (secondary N) is 1. The molecule has 0 heterocycles. The van der Waals surface area contributed by atoms with Crippen LogP contribution in [0.5, 0.6) is 0 Å². The summed E-state index contributed by atoms with van der Waals surface area (Å²) in [5.74, 6) is 0. The van der Waals surface area contributed by atoms with Crippen molar-refractivity contribution in [2.75, 3.05) is 13.2 Å². The Morgan fingerprint density at radius 3 is 2.53 bits per heavy atom. The summed E-state index contributed by atoms with van der Waals surface area (Å²) in [5.41, 5.74) is -0.473. The van der Waals surface area contributed by atoms with Crippen molar-refractivity contribution in [1.29, 1.82) is 0 Å². The minimum absolute atomic E-state index is 0.164. The fourth-order valence-corrected chi connectivity index (χ4v) is 0.922. The molecule has 1 amide bonds. The van der Waals surface area contributed by atoms with Crippen molar-refractivity contribution in [1.82, 2.24) is 5.32 Å². The van der Waals surface area contributed by atoms with Crippen molar-refractivity contribution >= 4 is 6.09 Å². The smallest absolute Gasteiger partial charge is 0.407 e. The molecule has 0 spiro atoms. The Morgan fingerprint density at radius 2 is 2.13 bits per heavy atom. The number of rotatable bonds is 5. The fourth-order valence-electron chi connectivity index (χ4n) is 0.922. The van der Waals surface area contributed by atoms with Crippen LogP contribution in [0.15, 0.2) is 12.7 Å². The molecule has 0 aliphatic carbocycles. The van der Waals surface area contributed by atoms with E-state index >= 15 is 0 Å². The Hall–Kier alpha value is -1.03. The molecule has 0 aromatic rings. The monoisotopic (exact) mass is 215 g/mol. The molecule has 0 saturated heterocycles. The van der Waals surface area contributed by atoms with Crippen LogP contribution in [0, 0.1) is 0 Å². The second kappa shape index (κ2) is 6.45. The molecule has 0 bridgehead atoms. The zero-order valence-corrected chi connectivity index (χ0v) is 10.0. The third-order valence-corrected chi connectivity index (χ3v) is 1.49. The van der Waals surface area contributed by atoms with Gasteiger partial charge in [0.2, 0.25) is 0 Å². The van der Waals surface area contributed by atoms with E-state index in [-0.39, 0.29) is 6.10 Å². The van der Waals surface area contributed by atoms with Crippen LogP contribution in [0.3, 0.4) is 0 Å².